The Balaban J connectivity index is 2.66. The van der Waals surface area contributed by atoms with Crippen molar-refractivity contribution >= 4 is 0 Å². The van der Waals surface area contributed by atoms with Gasteiger partial charge in [0, 0.05) is 6.42 Å². The van der Waals surface area contributed by atoms with Crippen LogP contribution in [-0.4, -0.2) is 30.0 Å². The van der Waals surface area contributed by atoms with E-state index in [1.165, 1.54) is 0 Å². The van der Waals surface area contributed by atoms with Crippen LogP contribution < -0.4 is 4.74 Å². The Kier molecular flexibility index (Phi) is 3.73. The summed E-state index contributed by atoms with van der Waals surface area (Å²) in [4.78, 5) is 0. The number of aliphatic hydroxyl groups excluding tert-OH is 2. The fourth-order valence-corrected chi connectivity index (χ4v) is 1.14. The van der Waals surface area contributed by atoms with E-state index in [9.17, 15) is 5.11 Å². The van der Waals surface area contributed by atoms with Crippen molar-refractivity contribution in [1.29, 1.82) is 0 Å². The maximum absolute atomic E-state index is 9.18. The van der Waals surface area contributed by atoms with E-state index >= 15 is 0 Å². The van der Waals surface area contributed by atoms with Gasteiger partial charge in [-0.25, -0.2) is 0 Å². The molecule has 0 bridgehead atoms. The first-order valence-electron chi connectivity index (χ1n) is 4.18. The van der Waals surface area contributed by atoms with Gasteiger partial charge in [0.05, 0.1) is 19.8 Å². The van der Waals surface area contributed by atoms with Gasteiger partial charge in [-0.3, -0.25) is 0 Å². The zero-order valence-electron chi connectivity index (χ0n) is 7.60. The predicted octanol–water partition coefficient (Wildman–Crippen LogP) is 0.591. The summed E-state index contributed by atoms with van der Waals surface area (Å²) in [5, 5.41) is 17.8. The van der Waals surface area contributed by atoms with Crippen LogP contribution in [0, 0.1) is 0 Å². The van der Waals surface area contributed by atoms with E-state index in [0.29, 0.717) is 6.42 Å². The first-order valence-corrected chi connectivity index (χ1v) is 4.18. The molecule has 0 aromatic heterocycles. The van der Waals surface area contributed by atoms with Gasteiger partial charge in [-0.2, -0.15) is 0 Å². The summed E-state index contributed by atoms with van der Waals surface area (Å²) in [7, 11) is 1.60. The second kappa shape index (κ2) is 4.84. The Hall–Kier alpha value is -1.06. The van der Waals surface area contributed by atoms with Gasteiger partial charge in [0.15, 0.2) is 0 Å². The van der Waals surface area contributed by atoms with Gasteiger partial charge in [-0.05, 0) is 17.7 Å². The van der Waals surface area contributed by atoms with E-state index in [4.69, 9.17) is 9.84 Å². The Morgan fingerprint density at radius 1 is 1.46 bits per heavy atom. The molecule has 1 aromatic carbocycles. The molecule has 1 rings (SSSR count). The lowest BCUT2D eigenvalue weighted by molar-refractivity contribution is 0.0955. The minimum Gasteiger partial charge on any atom is -0.497 e. The van der Waals surface area contributed by atoms with Crippen LogP contribution in [0.2, 0.25) is 0 Å². The monoisotopic (exact) mass is 182 g/mol. The Morgan fingerprint density at radius 3 is 2.85 bits per heavy atom. The van der Waals surface area contributed by atoms with Crippen LogP contribution in [0.15, 0.2) is 24.3 Å². The van der Waals surface area contributed by atoms with E-state index in [0.717, 1.165) is 11.3 Å². The summed E-state index contributed by atoms with van der Waals surface area (Å²) < 4.78 is 5.03. The molecule has 1 unspecified atom stereocenters. The molecule has 72 valence electrons. The van der Waals surface area contributed by atoms with Gasteiger partial charge in [0.1, 0.15) is 5.75 Å². The zero-order chi connectivity index (χ0) is 9.68. The lowest BCUT2D eigenvalue weighted by atomic mass is 10.1. The van der Waals surface area contributed by atoms with Crippen LogP contribution in [0.25, 0.3) is 0 Å². The summed E-state index contributed by atoms with van der Waals surface area (Å²) in [5.74, 6) is 0.766. The normalized spacial score (nSPS) is 12.5. The fourth-order valence-electron chi connectivity index (χ4n) is 1.14. The molecule has 3 nitrogen and oxygen atoms in total. The maximum Gasteiger partial charge on any atom is 0.119 e. The van der Waals surface area contributed by atoms with Gasteiger partial charge >= 0.3 is 0 Å². The summed E-state index contributed by atoms with van der Waals surface area (Å²) in [6.07, 6.45) is -0.236. The molecular weight excluding hydrogens is 168 g/mol. The average Bonchev–Trinajstić information content (AvgIpc) is 2.18. The van der Waals surface area contributed by atoms with E-state index in [1.54, 1.807) is 7.11 Å². The second-order valence-corrected chi connectivity index (χ2v) is 2.89. The average molecular weight is 182 g/mol. The van der Waals surface area contributed by atoms with Crippen LogP contribution in [0.3, 0.4) is 0 Å². The number of hydrogen-bond donors (Lipinski definition) is 2. The van der Waals surface area contributed by atoms with E-state index in [2.05, 4.69) is 0 Å². The van der Waals surface area contributed by atoms with Crippen LogP contribution in [0.1, 0.15) is 5.56 Å². The molecule has 0 aliphatic rings. The molecule has 1 atom stereocenters. The van der Waals surface area contributed by atoms with E-state index in [-0.39, 0.29) is 6.61 Å². The molecule has 3 heteroatoms. The van der Waals surface area contributed by atoms with Gasteiger partial charge in [-0.1, -0.05) is 12.1 Å². The summed E-state index contributed by atoms with van der Waals surface area (Å²) in [5.41, 5.74) is 0.959. The Morgan fingerprint density at radius 2 is 2.23 bits per heavy atom. The van der Waals surface area contributed by atoms with Crippen molar-refractivity contribution in [1.82, 2.24) is 0 Å². The molecule has 0 amide bonds. The Bertz CT molecular complexity index is 260. The molecule has 2 N–H and O–H groups in total. The molecule has 0 saturated carbocycles. The van der Waals surface area contributed by atoms with E-state index in [1.807, 2.05) is 24.3 Å². The maximum atomic E-state index is 9.18. The number of methoxy groups -OCH3 is 1. The van der Waals surface area contributed by atoms with Gasteiger partial charge in [-0.15, -0.1) is 0 Å². The summed E-state index contributed by atoms with van der Waals surface area (Å²) in [6.45, 7) is -0.211. The summed E-state index contributed by atoms with van der Waals surface area (Å²) in [6, 6.07) is 7.44. The number of rotatable bonds is 4. The van der Waals surface area contributed by atoms with Crippen molar-refractivity contribution in [3.8, 4) is 5.75 Å². The Labute approximate surface area is 77.6 Å². The predicted molar refractivity (Wildman–Crippen MR) is 49.8 cm³/mol. The molecule has 13 heavy (non-hydrogen) atoms. The first-order chi connectivity index (χ1) is 6.26. The molecule has 0 fully saturated rings. The number of aliphatic hydroxyl groups is 2. The lowest BCUT2D eigenvalue weighted by Gasteiger charge is -2.07. The molecule has 0 aliphatic carbocycles. The third kappa shape index (κ3) is 3.05. The molecule has 0 saturated heterocycles. The van der Waals surface area contributed by atoms with Crippen LogP contribution in [-0.2, 0) is 6.42 Å². The highest BCUT2D eigenvalue weighted by molar-refractivity contribution is 5.28. The topological polar surface area (TPSA) is 49.7 Å². The smallest absolute Gasteiger partial charge is 0.119 e. The lowest BCUT2D eigenvalue weighted by Crippen LogP contribution is -2.14. The molecule has 1 aromatic rings. The third-order valence-corrected chi connectivity index (χ3v) is 1.82. The van der Waals surface area contributed by atoms with Crippen LogP contribution in [0.5, 0.6) is 5.75 Å². The van der Waals surface area contributed by atoms with Gasteiger partial charge in [0.25, 0.3) is 0 Å². The van der Waals surface area contributed by atoms with Crippen molar-refractivity contribution in [3.63, 3.8) is 0 Å². The van der Waals surface area contributed by atoms with Crippen LogP contribution in [0.4, 0.5) is 0 Å². The first kappa shape index (κ1) is 10.0. The number of ether oxygens (including phenoxy) is 1. The number of benzene rings is 1. The van der Waals surface area contributed by atoms with Crippen molar-refractivity contribution in [3.05, 3.63) is 29.8 Å². The molecule has 0 spiro atoms. The molecule has 0 heterocycles. The second-order valence-electron chi connectivity index (χ2n) is 2.89. The highest BCUT2D eigenvalue weighted by Crippen LogP contribution is 2.13. The fraction of sp³-hybridized carbons (Fsp3) is 0.400. The van der Waals surface area contributed by atoms with E-state index < -0.39 is 6.10 Å². The molecular formula is C10H14O3. The van der Waals surface area contributed by atoms with Gasteiger partial charge < -0.3 is 14.9 Å². The summed E-state index contributed by atoms with van der Waals surface area (Å²) >= 11 is 0. The van der Waals surface area contributed by atoms with Crippen molar-refractivity contribution in [2.75, 3.05) is 13.7 Å². The highest BCUT2D eigenvalue weighted by atomic mass is 16.5. The van der Waals surface area contributed by atoms with Crippen molar-refractivity contribution in [2.45, 2.75) is 12.5 Å². The SMILES string of the molecule is COc1cccc(CC(O)CO)c1. The minimum atomic E-state index is -0.688. The minimum absolute atomic E-state index is 0.211. The van der Waals surface area contributed by atoms with Gasteiger partial charge in [0.2, 0.25) is 0 Å². The van der Waals surface area contributed by atoms with Crippen LogP contribution >= 0.6 is 0 Å². The molecule has 0 radical (unpaired) electrons. The zero-order valence-corrected chi connectivity index (χ0v) is 7.60. The third-order valence-electron chi connectivity index (χ3n) is 1.82. The number of hydrogen-bond acceptors (Lipinski definition) is 3. The molecule has 0 aliphatic heterocycles. The standard InChI is InChI=1S/C10H14O3/c1-13-10-4-2-3-8(6-10)5-9(12)7-11/h2-4,6,9,11-12H,5,7H2,1H3. The largest absolute Gasteiger partial charge is 0.497 e. The van der Waals surface area contributed by atoms with Crippen molar-refractivity contribution < 1.29 is 14.9 Å². The quantitative estimate of drug-likeness (QED) is 0.716. The van der Waals surface area contributed by atoms with Crippen molar-refractivity contribution in [2.24, 2.45) is 0 Å². The highest BCUT2D eigenvalue weighted by Gasteiger charge is 2.03.